The predicted octanol–water partition coefficient (Wildman–Crippen LogP) is 4.10. The van der Waals surface area contributed by atoms with Gasteiger partial charge in [-0.1, -0.05) is 12.1 Å². The van der Waals surface area contributed by atoms with Crippen LogP contribution in [0.4, 0.5) is 23.7 Å². The molecule has 1 aliphatic heterocycles. The molecular weight excluding hydrogens is 427 g/mol. The van der Waals surface area contributed by atoms with Gasteiger partial charge in [0.05, 0.1) is 24.3 Å². The third kappa shape index (κ3) is 4.58. The number of hydrogen-bond acceptors (Lipinski definition) is 4. The number of carbonyl (C=O) groups excluding carboxylic acids is 3. The molecule has 0 fully saturated rings. The topological polar surface area (TPSA) is 87.7 Å². The van der Waals surface area contributed by atoms with E-state index in [-0.39, 0.29) is 17.2 Å². The number of benzene rings is 2. The average Bonchev–Trinajstić information content (AvgIpc) is 2.76. The summed E-state index contributed by atoms with van der Waals surface area (Å²) < 4.78 is 42.8. The quantitative estimate of drug-likeness (QED) is 0.691. The highest BCUT2D eigenvalue weighted by atomic mass is 19.4. The number of urea groups is 1. The SMILES string of the molecule is COC(=O)C1=C(C)N(C)C(=O)NC1c1ccc(NC(=O)c2ccc(C(F)(F)F)cc2)cc1. The van der Waals surface area contributed by atoms with Gasteiger partial charge in [0.25, 0.3) is 5.91 Å². The summed E-state index contributed by atoms with van der Waals surface area (Å²) in [6.07, 6.45) is -4.48. The van der Waals surface area contributed by atoms with Gasteiger partial charge in [0, 0.05) is 24.0 Å². The predicted molar refractivity (Wildman–Crippen MR) is 110 cm³/mol. The van der Waals surface area contributed by atoms with Gasteiger partial charge in [-0.2, -0.15) is 13.2 Å². The van der Waals surface area contributed by atoms with Crippen molar-refractivity contribution in [2.24, 2.45) is 0 Å². The number of anilines is 1. The smallest absolute Gasteiger partial charge is 0.416 e. The van der Waals surface area contributed by atoms with E-state index < -0.39 is 29.7 Å². The van der Waals surface area contributed by atoms with E-state index in [2.05, 4.69) is 10.6 Å². The van der Waals surface area contributed by atoms with Crippen LogP contribution in [0.15, 0.2) is 59.8 Å². The summed E-state index contributed by atoms with van der Waals surface area (Å²) in [4.78, 5) is 38.1. The second-order valence-electron chi connectivity index (χ2n) is 7.08. The Balaban J connectivity index is 1.79. The highest BCUT2D eigenvalue weighted by Gasteiger charge is 2.34. The van der Waals surface area contributed by atoms with Crippen LogP contribution in [0.5, 0.6) is 0 Å². The Morgan fingerprint density at radius 3 is 2.19 bits per heavy atom. The van der Waals surface area contributed by atoms with Crippen LogP contribution in [0, 0.1) is 0 Å². The average molecular weight is 447 g/mol. The molecular formula is C22H20F3N3O4. The summed E-state index contributed by atoms with van der Waals surface area (Å²) >= 11 is 0. The summed E-state index contributed by atoms with van der Waals surface area (Å²) in [5.41, 5.74) is 0.915. The monoisotopic (exact) mass is 447 g/mol. The van der Waals surface area contributed by atoms with E-state index in [0.29, 0.717) is 16.9 Å². The molecule has 2 aromatic rings. The Hall–Kier alpha value is -3.82. The minimum absolute atomic E-state index is 0.0659. The van der Waals surface area contributed by atoms with Crippen molar-refractivity contribution in [3.8, 4) is 0 Å². The van der Waals surface area contributed by atoms with Crippen molar-refractivity contribution < 1.29 is 32.3 Å². The van der Waals surface area contributed by atoms with Gasteiger partial charge in [0.2, 0.25) is 0 Å². The first-order chi connectivity index (χ1) is 15.0. The van der Waals surface area contributed by atoms with E-state index in [1.54, 1.807) is 31.2 Å². The van der Waals surface area contributed by atoms with Crippen molar-refractivity contribution in [3.05, 3.63) is 76.5 Å². The number of rotatable bonds is 4. The molecule has 1 atom stereocenters. The molecule has 32 heavy (non-hydrogen) atoms. The second-order valence-corrected chi connectivity index (χ2v) is 7.08. The molecule has 0 radical (unpaired) electrons. The summed E-state index contributed by atoms with van der Waals surface area (Å²) in [6.45, 7) is 1.64. The number of carbonyl (C=O) groups is 3. The molecule has 7 nitrogen and oxygen atoms in total. The first-order valence-corrected chi connectivity index (χ1v) is 9.44. The molecule has 2 N–H and O–H groups in total. The van der Waals surface area contributed by atoms with Gasteiger partial charge >= 0.3 is 18.2 Å². The lowest BCUT2D eigenvalue weighted by Crippen LogP contribution is -2.46. The Kier molecular flexibility index (Phi) is 6.24. The first-order valence-electron chi connectivity index (χ1n) is 9.44. The summed E-state index contributed by atoms with van der Waals surface area (Å²) in [5.74, 6) is -1.16. The van der Waals surface area contributed by atoms with Crippen LogP contribution in [0.25, 0.3) is 0 Å². The van der Waals surface area contributed by atoms with Crippen molar-refractivity contribution in [1.29, 1.82) is 0 Å². The third-order valence-electron chi connectivity index (χ3n) is 5.14. The molecule has 0 aromatic heterocycles. The number of alkyl halides is 3. The standard InChI is InChI=1S/C22H20F3N3O4/c1-12-17(20(30)32-3)18(27-21(31)28(12)2)13-6-10-16(11-7-13)26-19(29)14-4-8-15(9-5-14)22(23,24)25/h4-11,18H,1-3H3,(H,26,29)(H,27,31). The van der Waals surface area contributed by atoms with E-state index >= 15 is 0 Å². The zero-order valence-electron chi connectivity index (χ0n) is 17.4. The van der Waals surface area contributed by atoms with E-state index in [0.717, 1.165) is 24.3 Å². The molecule has 0 spiro atoms. The number of halogens is 3. The molecule has 0 bridgehead atoms. The Labute approximate surface area is 181 Å². The van der Waals surface area contributed by atoms with Gasteiger partial charge in [-0.15, -0.1) is 0 Å². The van der Waals surface area contributed by atoms with Crippen molar-refractivity contribution in [2.45, 2.75) is 19.1 Å². The molecule has 1 heterocycles. The van der Waals surface area contributed by atoms with E-state index in [1.807, 2.05) is 0 Å². The molecule has 168 valence electrons. The third-order valence-corrected chi connectivity index (χ3v) is 5.14. The van der Waals surface area contributed by atoms with Crippen molar-refractivity contribution >= 4 is 23.6 Å². The number of amides is 3. The normalized spacial score (nSPS) is 16.5. The lowest BCUT2D eigenvalue weighted by atomic mass is 9.95. The maximum Gasteiger partial charge on any atom is 0.416 e. The molecule has 0 aliphatic carbocycles. The van der Waals surface area contributed by atoms with Crippen molar-refractivity contribution in [1.82, 2.24) is 10.2 Å². The highest BCUT2D eigenvalue weighted by Crippen LogP contribution is 2.31. The van der Waals surface area contributed by atoms with Crippen LogP contribution in [-0.4, -0.2) is 37.0 Å². The first kappa shape index (κ1) is 22.9. The van der Waals surface area contributed by atoms with Crippen LogP contribution < -0.4 is 10.6 Å². The number of nitrogens with one attached hydrogen (secondary N) is 2. The minimum atomic E-state index is -4.48. The minimum Gasteiger partial charge on any atom is -0.466 e. The van der Waals surface area contributed by atoms with Gasteiger partial charge in [-0.3, -0.25) is 4.79 Å². The number of ether oxygens (including phenoxy) is 1. The van der Waals surface area contributed by atoms with Crippen molar-refractivity contribution in [2.75, 3.05) is 19.5 Å². The molecule has 2 aromatic carbocycles. The van der Waals surface area contributed by atoms with E-state index in [4.69, 9.17) is 4.74 Å². The number of nitrogens with zero attached hydrogens (tertiary/aromatic N) is 1. The maximum atomic E-state index is 12.7. The van der Waals surface area contributed by atoms with Gasteiger partial charge in [-0.05, 0) is 48.9 Å². The summed E-state index contributed by atoms with van der Waals surface area (Å²) in [5, 5.41) is 5.33. The lowest BCUT2D eigenvalue weighted by molar-refractivity contribution is -0.138. The largest absolute Gasteiger partial charge is 0.466 e. The Morgan fingerprint density at radius 1 is 1.06 bits per heavy atom. The number of esters is 1. The molecule has 0 saturated heterocycles. The number of allylic oxidation sites excluding steroid dienone is 1. The fourth-order valence-electron chi connectivity index (χ4n) is 3.23. The van der Waals surface area contributed by atoms with Crippen LogP contribution in [0.2, 0.25) is 0 Å². The van der Waals surface area contributed by atoms with Gasteiger partial charge in [0.1, 0.15) is 0 Å². The van der Waals surface area contributed by atoms with Gasteiger partial charge in [-0.25, -0.2) is 9.59 Å². The zero-order valence-corrected chi connectivity index (χ0v) is 17.4. The molecule has 3 rings (SSSR count). The van der Waals surface area contributed by atoms with Crippen LogP contribution in [0.3, 0.4) is 0 Å². The number of methoxy groups -OCH3 is 1. The second kappa shape index (κ2) is 8.74. The molecule has 0 saturated carbocycles. The highest BCUT2D eigenvalue weighted by molar-refractivity contribution is 6.04. The summed E-state index contributed by atoms with van der Waals surface area (Å²) in [6, 6.07) is 9.09. The lowest BCUT2D eigenvalue weighted by Gasteiger charge is -2.33. The maximum absolute atomic E-state index is 12.7. The number of hydrogen-bond donors (Lipinski definition) is 2. The molecule has 3 amide bonds. The Bertz CT molecular complexity index is 1080. The molecule has 10 heteroatoms. The molecule has 1 unspecified atom stereocenters. The summed E-state index contributed by atoms with van der Waals surface area (Å²) in [7, 11) is 2.78. The fourth-order valence-corrected chi connectivity index (χ4v) is 3.23. The fraction of sp³-hybridized carbons (Fsp3) is 0.227. The molecule has 1 aliphatic rings. The van der Waals surface area contributed by atoms with Crippen LogP contribution in [0.1, 0.15) is 34.5 Å². The van der Waals surface area contributed by atoms with Gasteiger partial charge in [0.15, 0.2) is 0 Å². The van der Waals surface area contributed by atoms with Crippen LogP contribution in [-0.2, 0) is 15.7 Å². The van der Waals surface area contributed by atoms with Gasteiger partial charge < -0.3 is 20.3 Å². The van der Waals surface area contributed by atoms with E-state index in [9.17, 15) is 27.6 Å². The van der Waals surface area contributed by atoms with E-state index in [1.165, 1.54) is 19.1 Å². The van der Waals surface area contributed by atoms with Crippen LogP contribution >= 0.6 is 0 Å². The zero-order chi connectivity index (χ0) is 23.6. The van der Waals surface area contributed by atoms with Crippen molar-refractivity contribution in [3.63, 3.8) is 0 Å². The Morgan fingerprint density at radius 2 is 1.66 bits per heavy atom.